The molecule has 0 saturated heterocycles. The highest BCUT2D eigenvalue weighted by Gasteiger charge is 1.95. The topological polar surface area (TPSA) is 33.0 Å². The van der Waals surface area contributed by atoms with Crippen LogP contribution in [0.15, 0.2) is 11.6 Å². The van der Waals surface area contributed by atoms with Crippen molar-refractivity contribution in [3.63, 3.8) is 0 Å². The van der Waals surface area contributed by atoms with Crippen LogP contribution in [-0.2, 0) is 4.74 Å². The Labute approximate surface area is 74.8 Å². The van der Waals surface area contributed by atoms with Gasteiger partial charge in [-0.05, 0) is 26.7 Å². The number of hydrogen-bond donors (Lipinski definition) is 0. The molecule has 0 saturated carbocycles. The Hall–Kier alpha value is -0.810. The van der Waals surface area contributed by atoms with Crippen LogP contribution < -0.4 is 0 Å². The van der Waals surface area contributed by atoms with E-state index in [4.69, 9.17) is 10.00 Å². The quantitative estimate of drug-likeness (QED) is 0.465. The van der Waals surface area contributed by atoms with E-state index in [0.717, 1.165) is 19.4 Å². The van der Waals surface area contributed by atoms with Crippen molar-refractivity contribution >= 4 is 0 Å². The summed E-state index contributed by atoms with van der Waals surface area (Å²) in [7, 11) is 1.71. The first-order valence-corrected chi connectivity index (χ1v) is 4.26. The Bertz CT molecular complexity index is 179. The van der Waals surface area contributed by atoms with Crippen LogP contribution in [0, 0.1) is 17.2 Å². The molecule has 0 radical (unpaired) electrons. The number of allylic oxidation sites excluding steroid dienone is 2. The first-order chi connectivity index (χ1) is 5.70. The predicted octanol–water partition coefficient (Wildman–Crippen LogP) is 2.52. The molecule has 0 N–H and O–H groups in total. The molecule has 0 aliphatic carbocycles. The van der Waals surface area contributed by atoms with Gasteiger partial charge < -0.3 is 4.74 Å². The molecule has 12 heavy (non-hydrogen) atoms. The van der Waals surface area contributed by atoms with Crippen LogP contribution in [0.4, 0.5) is 0 Å². The maximum Gasteiger partial charge on any atom is 0.0694 e. The molecule has 0 heterocycles. The van der Waals surface area contributed by atoms with Gasteiger partial charge >= 0.3 is 0 Å². The molecule has 0 spiro atoms. The highest BCUT2D eigenvalue weighted by Crippen LogP contribution is 2.07. The Morgan fingerprint density at radius 2 is 2.33 bits per heavy atom. The van der Waals surface area contributed by atoms with Gasteiger partial charge in [-0.1, -0.05) is 11.6 Å². The smallest absolute Gasteiger partial charge is 0.0694 e. The van der Waals surface area contributed by atoms with Crippen molar-refractivity contribution in [1.29, 1.82) is 5.26 Å². The predicted molar refractivity (Wildman–Crippen MR) is 49.6 cm³/mol. The van der Waals surface area contributed by atoms with Crippen molar-refractivity contribution in [2.24, 2.45) is 5.92 Å². The normalized spacial score (nSPS) is 14.0. The number of nitrogens with zero attached hydrogens (tertiary/aromatic N) is 1. The molecule has 0 aromatic carbocycles. The lowest BCUT2D eigenvalue weighted by Crippen LogP contribution is -1.91. The summed E-state index contributed by atoms with van der Waals surface area (Å²) >= 11 is 0. The standard InChI is InChI=1S/C10H17NO/c1-9(5-4-6-12-3)7-10(2)8-11/h7,10H,4-6H2,1-3H3/b9-7-. The fourth-order valence-corrected chi connectivity index (χ4v) is 1.04. The van der Waals surface area contributed by atoms with Crippen molar-refractivity contribution < 1.29 is 4.74 Å². The summed E-state index contributed by atoms with van der Waals surface area (Å²) in [6.45, 7) is 4.76. The van der Waals surface area contributed by atoms with Crippen LogP contribution in [0.5, 0.6) is 0 Å². The molecule has 0 rings (SSSR count). The van der Waals surface area contributed by atoms with Crippen LogP contribution >= 0.6 is 0 Å². The van der Waals surface area contributed by atoms with E-state index in [0.29, 0.717) is 0 Å². The summed E-state index contributed by atoms with van der Waals surface area (Å²) < 4.78 is 4.93. The van der Waals surface area contributed by atoms with Crippen LogP contribution in [-0.4, -0.2) is 13.7 Å². The molecule has 0 bridgehead atoms. The minimum Gasteiger partial charge on any atom is -0.385 e. The van der Waals surface area contributed by atoms with Crippen LogP contribution in [0.2, 0.25) is 0 Å². The summed E-state index contributed by atoms with van der Waals surface area (Å²) in [5, 5.41) is 8.54. The number of hydrogen-bond acceptors (Lipinski definition) is 2. The van der Waals surface area contributed by atoms with Gasteiger partial charge in [-0.3, -0.25) is 0 Å². The highest BCUT2D eigenvalue weighted by atomic mass is 16.5. The third kappa shape index (κ3) is 5.94. The number of methoxy groups -OCH3 is 1. The molecule has 0 aliphatic rings. The average molecular weight is 167 g/mol. The van der Waals surface area contributed by atoms with E-state index >= 15 is 0 Å². The van der Waals surface area contributed by atoms with E-state index in [1.54, 1.807) is 7.11 Å². The molecule has 0 aliphatic heterocycles. The summed E-state index contributed by atoms with van der Waals surface area (Å²) in [4.78, 5) is 0. The van der Waals surface area contributed by atoms with Gasteiger partial charge in [0.15, 0.2) is 0 Å². The number of nitriles is 1. The summed E-state index contributed by atoms with van der Waals surface area (Å²) in [6.07, 6.45) is 4.08. The summed E-state index contributed by atoms with van der Waals surface area (Å²) in [5.74, 6) is 0.0348. The van der Waals surface area contributed by atoms with Crippen LogP contribution in [0.1, 0.15) is 26.7 Å². The number of rotatable bonds is 5. The van der Waals surface area contributed by atoms with Gasteiger partial charge in [0.1, 0.15) is 0 Å². The Kier molecular flexibility index (Phi) is 6.41. The molecule has 1 unspecified atom stereocenters. The monoisotopic (exact) mass is 167 g/mol. The lowest BCUT2D eigenvalue weighted by Gasteiger charge is -2.01. The van der Waals surface area contributed by atoms with E-state index in [2.05, 4.69) is 13.0 Å². The van der Waals surface area contributed by atoms with Crippen LogP contribution in [0.3, 0.4) is 0 Å². The maximum absolute atomic E-state index is 8.54. The van der Waals surface area contributed by atoms with Gasteiger partial charge in [0.05, 0.1) is 12.0 Å². The van der Waals surface area contributed by atoms with Gasteiger partial charge in [-0.2, -0.15) is 5.26 Å². The molecular formula is C10H17NO. The van der Waals surface area contributed by atoms with Gasteiger partial charge in [-0.25, -0.2) is 0 Å². The minimum atomic E-state index is 0.0348. The molecule has 1 atom stereocenters. The van der Waals surface area contributed by atoms with Crippen molar-refractivity contribution in [2.75, 3.05) is 13.7 Å². The van der Waals surface area contributed by atoms with Gasteiger partial charge in [-0.15, -0.1) is 0 Å². The molecule has 2 heteroatoms. The molecule has 0 amide bonds. The average Bonchev–Trinajstić information content (AvgIpc) is 2.05. The van der Waals surface area contributed by atoms with Crippen molar-refractivity contribution in [3.05, 3.63) is 11.6 Å². The SMILES string of the molecule is COCCC/C(C)=C\C(C)C#N. The minimum absolute atomic E-state index is 0.0348. The van der Waals surface area contributed by atoms with Crippen molar-refractivity contribution in [3.8, 4) is 6.07 Å². The maximum atomic E-state index is 8.54. The molecule has 2 nitrogen and oxygen atoms in total. The second kappa shape index (κ2) is 6.87. The second-order valence-electron chi connectivity index (χ2n) is 3.03. The third-order valence-electron chi connectivity index (χ3n) is 1.66. The van der Waals surface area contributed by atoms with Crippen molar-refractivity contribution in [1.82, 2.24) is 0 Å². The van der Waals surface area contributed by atoms with E-state index in [9.17, 15) is 0 Å². The van der Waals surface area contributed by atoms with Crippen LogP contribution in [0.25, 0.3) is 0 Å². The number of ether oxygens (including phenoxy) is 1. The Morgan fingerprint density at radius 3 is 2.83 bits per heavy atom. The zero-order valence-electron chi connectivity index (χ0n) is 8.13. The first-order valence-electron chi connectivity index (χ1n) is 4.26. The van der Waals surface area contributed by atoms with Gasteiger partial charge in [0.2, 0.25) is 0 Å². The third-order valence-corrected chi connectivity index (χ3v) is 1.66. The lowest BCUT2D eigenvalue weighted by molar-refractivity contribution is 0.195. The summed E-state index contributed by atoms with van der Waals surface area (Å²) in [6, 6.07) is 2.18. The first kappa shape index (κ1) is 11.2. The molecule has 0 fully saturated rings. The van der Waals surface area contributed by atoms with E-state index in [1.807, 2.05) is 13.0 Å². The zero-order valence-corrected chi connectivity index (χ0v) is 8.13. The molecule has 0 aromatic rings. The lowest BCUT2D eigenvalue weighted by atomic mass is 10.1. The molecule has 0 aromatic heterocycles. The van der Waals surface area contributed by atoms with Gasteiger partial charge in [0.25, 0.3) is 0 Å². The zero-order chi connectivity index (χ0) is 9.40. The van der Waals surface area contributed by atoms with E-state index in [-0.39, 0.29) is 5.92 Å². The largest absolute Gasteiger partial charge is 0.385 e. The molecular weight excluding hydrogens is 150 g/mol. The molecule has 68 valence electrons. The second-order valence-corrected chi connectivity index (χ2v) is 3.03. The fourth-order valence-electron chi connectivity index (χ4n) is 1.04. The Balaban J connectivity index is 3.64. The highest BCUT2D eigenvalue weighted by molar-refractivity contribution is 5.05. The van der Waals surface area contributed by atoms with Gasteiger partial charge in [0, 0.05) is 13.7 Å². The fraction of sp³-hybridized carbons (Fsp3) is 0.700. The summed E-state index contributed by atoms with van der Waals surface area (Å²) in [5.41, 5.74) is 1.28. The van der Waals surface area contributed by atoms with E-state index < -0.39 is 0 Å². The van der Waals surface area contributed by atoms with E-state index in [1.165, 1.54) is 5.57 Å². The Morgan fingerprint density at radius 1 is 1.67 bits per heavy atom. The van der Waals surface area contributed by atoms with Crippen molar-refractivity contribution in [2.45, 2.75) is 26.7 Å².